The van der Waals surface area contributed by atoms with Gasteiger partial charge in [-0.25, -0.2) is 0 Å². The highest BCUT2D eigenvalue weighted by Gasteiger charge is 2.30. The summed E-state index contributed by atoms with van der Waals surface area (Å²) in [5.74, 6) is 0.648. The van der Waals surface area contributed by atoms with Crippen LogP contribution in [-0.2, 0) is 4.79 Å². The van der Waals surface area contributed by atoms with Crippen molar-refractivity contribution in [1.82, 2.24) is 0 Å². The maximum atomic E-state index is 12.3. The van der Waals surface area contributed by atoms with Crippen LogP contribution in [0.25, 0.3) is 0 Å². The van der Waals surface area contributed by atoms with E-state index in [9.17, 15) is 9.90 Å². The third-order valence-electron chi connectivity index (χ3n) is 2.57. The smallest absolute Gasteiger partial charge is 0.183 e. The minimum Gasteiger partial charge on any atom is -0.385 e. The fraction of sp³-hybridized carbons (Fsp3) is 0.786. The summed E-state index contributed by atoms with van der Waals surface area (Å²) in [6, 6.07) is 0. The molecule has 0 fully saturated rings. The molecule has 0 radical (unpaired) electrons. The summed E-state index contributed by atoms with van der Waals surface area (Å²) in [6.45, 7) is 14.7. The Hall–Kier alpha value is -0.413. The molecule has 0 bridgehead atoms. The summed E-state index contributed by atoms with van der Waals surface area (Å²) in [6.07, 6.45) is 1.77. The van der Waals surface area contributed by atoms with Gasteiger partial charge in [0.05, 0.1) is 8.07 Å². The van der Waals surface area contributed by atoms with Gasteiger partial charge in [-0.05, 0) is 23.5 Å². The molecule has 1 N–H and O–H groups in total. The minimum absolute atomic E-state index is 0.0495. The number of allylic oxidation sites excluding steroid dienone is 1. The van der Waals surface area contributed by atoms with Crippen molar-refractivity contribution in [2.45, 2.75) is 59.9 Å². The summed E-state index contributed by atoms with van der Waals surface area (Å²) < 4.78 is 0. The molecule has 0 heterocycles. The maximum absolute atomic E-state index is 12.3. The van der Waals surface area contributed by atoms with E-state index < -0.39 is 14.2 Å². The molecule has 0 rings (SSSR count). The van der Waals surface area contributed by atoms with Crippen LogP contribution in [0, 0.1) is 11.8 Å². The van der Waals surface area contributed by atoms with Crippen LogP contribution >= 0.6 is 0 Å². The highest BCUT2D eigenvalue weighted by molar-refractivity contribution is 6.87. The first-order valence-electron chi connectivity index (χ1n) is 6.50. The minimum atomic E-state index is -1.67. The lowest BCUT2D eigenvalue weighted by Gasteiger charge is -2.24. The Morgan fingerprint density at radius 3 is 1.94 bits per heavy atom. The third kappa shape index (κ3) is 6.17. The molecule has 0 saturated heterocycles. The van der Waals surface area contributed by atoms with E-state index in [1.165, 1.54) is 0 Å². The quantitative estimate of drug-likeness (QED) is 0.584. The molecule has 0 aromatic carbocycles. The first-order chi connectivity index (χ1) is 7.55. The second kappa shape index (κ2) is 6.50. The predicted molar refractivity (Wildman–Crippen MR) is 76.7 cm³/mol. The number of hydrogen-bond donors (Lipinski definition) is 1. The molecule has 0 aliphatic rings. The largest absolute Gasteiger partial charge is 0.385 e. The monoisotopic (exact) mass is 256 g/mol. The van der Waals surface area contributed by atoms with E-state index in [0.29, 0.717) is 18.3 Å². The Balaban J connectivity index is 5.03. The van der Waals surface area contributed by atoms with Crippen LogP contribution in [-0.4, -0.2) is 25.1 Å². The standard InChI is InChI=1S/C14H28O2Si/c1-10(2)8-12(15)14(16)13(9-11(3)4)17(5,6)7/h9-12,15H,8H2,1-7H3/b13-9-/t12-/m1/s1. The van der Waals surface area contributed by atoms with Crippen molar-refractivity contribution in [2.24, 2.45) is 11.8 Å². The average Bonchev–Trinajstić information content (AvgIpc) is 2.09. The van der Waals surface area contributed by atoms with Crippen LogP contribution in [0.5, 0.6) is 0 Å². The van der Waals surface area contributed by atoms with E-state index in [1.54, 1.807) is 0 Å². The summed E-state index contributed by atoms with van der Waals surface area (Å²) >= 11 is 0. The van der Waals surface area contributed by atoms with E-state index in [1.807, 2.05) is 19.9 Å². The molecule has 0 aliphatic carbocycles. The maximum Gasteiger partial charge on any atom is 0.183 e. The highest BCUT2D eigenvalue weighted by Crippen LogP contribution is 2.21. The van der Waals surface area contributed by atoms with E-state index >= 15 is 0 Å². The molecule has 0 amide bonds. The van der Waals surface area contributed by atoms with Crippen LogP contribution in [0.1, 0.15) is 34.1 Å². The van der Waals surface area contributed by atoms with Gasteiger partial charge in [-0.15, -0.1) is 0 Å². The Bertz CT molecular complexity index is 285. The van der Waals surface area contributed by atoms with Crippen molar-refractivity contribution in [3.05, 3.63) is 11.3 Å². The Kier molecular flexibility index (Phi) is 6.34. The molecule has 17 heavy (non-hydrogen) atoms. The van der Waals surface area contributed by atoms with E-state index in [4.69, 9.17) is 0 Å². The zero-order valence-electron chi connectivity index (χ0n) is 12.4. The SMILES string of the molecule is CC(C)/C=C(/C(=O)[C@H](O)CC(C)C)[Si](C)(C)C. The normalized spacial score (nSPS) is 15.5. The van der Waals surface area contributed by atoms with Crippen LogP contribution in [0.4, 0.5) is 0 Å². The average molecular weight is 256 g/mol. The van der Waals surface area contributed by atoms with Gasteiger partial charge >= 0.3 is 0 Å². The van der Waals surface area contributed by atoms with Gasteiger partial charge in [-0.2, -0.15) is 0 Å². The molecule has 0 spiro atoms. The van der Waals surface area contributed by atoms with Crippen LogP contribution in [0.3, 0.4) is 0 Å². The molecular weight excluding hydrogens is 228 g/mol. The van der Waals surface area contributed by atoms with E-state index in [2.05, 4.69) is 33.5 Å². The highest BCUT2D eigenvalue weighted by atomic mass is 28.3. The van der Waals surface area contributed by atoms with Gasteiger partial charge in [0, 0.05) is 0 Å². The van der Waals surface area contributed by atoms with Crippen LogP contribution < -0.4 is 0 Å². The van der Waals surface area contributed by atoms with Crippen molar-refractivity contribution >= 4 is 13.9 Å². The second-order valence-corrected chi connectivity index (χ2v) is 11.6. The number of aliphatic hydroxyl groups excluding tert-OH is 1. The lowest BCUT2D eigenvalue weighted by Crippen LogP contribution is -2.36. The van der Waals surface area contributed by atoms with Crippen molar-refractivity contribution in [2.75, 3.05) is 0 Å². The van der Waals surface area contributed by atoms with Crippen molar-refractivity contribution in [3.8, 4) is 0 Å². The lowest BCUT2D eigenvalue weighted by molar-refractivity contribution is -0.123. The third-order valence-corrected chi connectivity index (χ3v) is 4.60. The number of Topliss-reactive ketones (excluding diaryl/α,β-unsaturated/α-hetero) is 1. The Morgan fingerprint density at radius 1 is 1.18 bits per heavy atom. The number of hydrogen-bond acceptors (Lipinski definition) is 2. The lowest BCUT2D eigenvalue weighted by atomic mass is 10.0. The summed E-state index contributed by atoms with van der Waals surface area (Å²) in [7, 11) is -1.67. The molecule has 2 nitrogen and oxygen atoms in total. The molecule has 0 aliphatic heterocycles. The van der Waals surface area contributed by atoms with Gasteiger partial charge < -0.3 is 5.11 Å². The van der Waals surface area contributed by atoms with Gasteiger partial charge in [-0.1, -0.05) is 53.4 Å². The summed E-state index contributed by atoms with van der Waals surface area (Å²) in [4.78, 5) is 12.3. The molecular formula is C14H28O2Si. The fourth-order valence-corrected chi connectivity index (χ4v) is 3.51. The molecule has 0 aromatic heterocycles. The van der Waals surface area contributed by atoms with E-state index in [-0.39, 0.29) is 5.78 Å². The molecule has 100 valence electrons. The van der Waals surface area contributed by atoms with Crippen molar-refractivity contribution in [3.63, 3.8) is 0 Å². The van der Waals surface area contributed by atoms with E-state index in [0.717, 1.165) is 5.20 Å². The number of carbonyl (C=O) groups excluding carboxylic acids is 1. The van der Waals surface area contributed by atoms with Gasteiger partial charge in [0.25, 0.3) is 0 Å². The zero-order chi connectivity index (χ0) is 13.8. The topological polar surface area (TPSA) is 37.3 Å². The van der Waals surface area contributed by atoms with Crippen molar-refractivity contribution in [1.29, 1.82) is 0 Å². The first kappa shape index (κ1) is 16.6. The van der Waals surface area contributed by atoms with Gasteiger partial charge in [0.15, 0.2) is 5.78 Å². The van der Waals surface area contributed by atoms with Gasteiger partial charge in [0.1, 0.15) is 6.10 Å². The molecule has 3 heteroatoms. The number of ketones is 1. The summed E-state index contributed by atoms with van der Waals surface area (Å²) in [5, 5.41) is 10.9. The fourth-order valence-electron chi connectivity index (χ4n) is 1.77. The Morgan fingerprint density at radius 2 is 1.65 bits per heavy atom. The number of aliphatic hydroxyl groups is 1. The zero-order valence-corrected chi connectivity index (χ0v) is 13.4. The van der Waals surface area contributed by atoms with Gasteiger partial charge in [-0.3, -0.25) is 4.79 Å². The molecule has 0 aromatic rings. The van der Waals surface area contributed by atoms with Crippen LogP contribution in [0.2, 0.25) is 19.6 Å². The second-order valence-electron chi connectivity index (χ2n) is 6.58. The Labute approximate surface area is 107 Å². The molecule has 1 atom stereocenters. The summed E-state index contributed by atoms with van der Waals surface area (Å²) in [5.41, 5.74) is 0. The number of rotatable bonds is 6. The van der Waals surface area contributed by atoms with Crippen LogP contribution in [0.15, 0.2) is 11.3 Å². The number of carbonyl (C=O) groups is 1. The predicted octanol–water partition coefficient (Wildman–Crippen LogP) is 3.42. The van der Waals surface area contributed by atoms with Gasteiger partial charge in [0.2, 0.25) is 0 Å². The van der Waals surface area contributed by atoms with Crippen molar-refractivity contribution < 1.29 is 9.90 Å². The first-order valence-corrected chi connectivity index (χ1v) is 10.00. The molecule has 0 unspecified atom stereocenters. The molecule has 0 saturated carbocycles.